The Bertz CT molecular complexity index is 1080. The van der Waals surface area contributed by atoms with Crippen LogP contribution in [-0.4, -0.2) is 43.5 Å². The molecule has 1 aromatic carbocycles. The quantitative estimate of drug-likeness (QED) is 0.376. The van der Waals surface area contributed by atoms with Gasteiger partial charge in [0.15, 0.2) is 5.75 Å². The highest BCUT2D eigenvalue weighted by Crippen LogP contribution is 2.50. The molecule has 1 aliphatic carbocycles. The van der Waals surface area contributed by atoms with Crippen LogP contribution < -0.4 is 4.18 Å². The van der Waals surface area contributed by atoms with Gasteiger partial charge in [0, 0.05) is 12.6 Å². The van der Waals surface area contributed by atoms with Crippen LogP contribution in [0.1, 0.15) is 37.0 Å². The predicted molar refractivity (Wildman–Crippen MR) is 93.2 cm³/mol. The second-order valence-electron chi connectivity index (χ2n) is 7.82. The molecule has 2 bridgehead atoms. The van der Waals surface area contributed by atoms with E-state index in [9.17, 15) is 44.8 Å². The average molecular weight is 470 g/mol. The van der Waals surface area contributed by atoms with Crippen molar-refractivity contribution in [3.63, 3.8) is 0 Å². The fourth-order valence-corrected chi connectivity index (χ4v) is 4.86. The largest absolute Gasteiger partial charge is 0.534 e. The maximum Gasteiger partial charge on any atom is 0.534 e. The van der Waals surface area contributed by atoms with E-state index in [0.29, 0.717) is 11.1 Å². The molecule has 31 heavy (non-hydrogen) atoms. The van der Waals surface area contributed by atoms with Crippen molar-refractivity contribution in [2.45, 2.75) is 49.8 Å². The van der Waals surface area contributed by atoms with Gasteiger partial charge in [-0.1, -0.05) is 13.8 Å². The summed E-state index contributed by atoms with van der Waals surface area (Å²) in [7, 11) is -6.03. The minimum Gasteiger partial charge on any atom is -0.375 e. The highest BCUT2D eigenvalue weighted by atomic mass is 32.2. The molecule has 2 aliphatic rings. The summed E-state index contributed by atoms with van der Waals surface area (Å²) in [5.74, 6) is -3.31. The van der Waals surface area contributed by atoms with Crippen LogP contribution >= 0.6 is 0 Å². The van der Waals surface area contributed by atoms with Gasteiger partial charge in [-0.15, -0.1) is 0 Å². The van der Waals surface area contributed by atoms with E-state index in [1.807, 2.05) is 0 Å². The number of piperidine rings is 1. The first-order valence-corrected chi connectivity index (χ1v) is 10.4. The van der Waals surface area contributed by atoms with Crippen LogP contribution in [0.2, 0.25) is 0 Å². The zero-order valence-electron chi connectivity index (χ0n) is 16.1. The van der Waals surface area contributed by atoms with Crippen molar-refractivity contribution in [2.75, 3.05) is 6.54 Å². The fraction of sp³-hybridized carbons (Fsp3) is 0.556. The topological polar surface area (TPSA) is 87.5 Å². The molecule has 0 radical (unpaired) electrons. The number of fused-ring (bicyclic) bond motifs is 4. The van der Waals surface area contributed by atoms with Crippen LogP contribution in [0.3, 0.4) is 0 Å². The average Bonchev–Trinajstić information content (AvgIpc) is 2.62. The summed E-state index contributed by atoms with van der Waals surface area (Å²) in [6.45, 7) is 3.06. The lowest BCUT2D eigenvalue weighted by molar-refractivity contribution is -0.192. The molecule has 1 aromatic rings. The summed E-state index contributed by atoms with van der Waals surface area (Å²) >= 11 is 0. The minimum absolute atomic E-state index is 0.0524. The minimum atomic E-state index is -6.03. The second-order valence-corrected chi connectivity index (χ2v) is 9.36. The zero-order valence-corrected chi connectivity index (χ0v) is 17.0. The molecule has 1 amide bonds. The van der Waals surface area contributed by atoms with E-state index in [4.69, 9.17) is 0 Å². The zero-order chi connectivity index (χ0) is 23.6. The Hall–Kier alpha value is -2.49. The summed E-state index contributed by atoms with van der Waals surface area (Å²) in [5, 5.41) is 9.27. The lowest BCUT2D eigenvalue weighted by Crippen LogP contribution is -2.61. The summed E-state index contributed by atoms with van der Waals surface area (Å²) in [6.07, 6.45) is -5.08. The molecule has 170 valence electrons. The number of nitrogens with zero attached hydrogens (tertiary/aromatic N) is 2. The highest BCUT2D eigenvalue weighted by molar-refractivity contribution is 7.88. The van der Waals surface area contributed by atoms with Crippen LogP contribution in [0.4, 0.5) is 26.3 Å². The molecule has 1 heterocycles. The first-order valence-electron chi connectivity index (χ1n) is 8.99. The van der Waals surface area contributed by atoms with Crippen LogP contribution in [0.5, 0.6) is 5.75 Å². The van der Waals surface area contributed by atoms with Gasteiger partial charge in [0.05, 0.1) is 5.56 Å². The third-order valence-corrected chi connectivity index (χ3v) is 7.18. The summed E-state index contributed by atoms with van der Waals surface area (Å²) in [6, 6.07) is 2.84. The molecule has 3 rings (SSSR count). The first kappa shape index (κ1) is 23.2. The molecule has 0 aromatic heterocycles. The van der Waals surface area contributed by atoms with E-state index in [0.717, 1.165) is 17.0 Å². The SMILES string of the molecule is CC1[C@H]2Cc3cc(C#N)c(OS(=O)(=O)C(F)(F)F)cc3C1(C)CCN2C(=O)C(F)(F)F. The monoisotopic (exact) mass is 470 g/mol. The Morgan fingerprint density at radius 1 is 1.26 bits per heavy atom. The number of alkyl halides is 6. The van der Waals surface area contributed by atoms with E-state index >= 15 is 0 Å². The number of rotatable bonds is 2. The maximum atomic E-state index is 13.0. The molecule has 1 fully saturated rings. The number of hydrogen-bond donors (Lipinski definition) is 0. The molecule has 6 nitrogen and oxygen atoms in total. The number of benzene rings is 1. The standard InChI is InChI=1S/C18H16F6N2O4S/c1-9-13-6-10-5-11(8-25)14(30-31(28,29)18(22,23)24)7-12(10)16(9,2)3-4-26(13)15(27)17(19,20)21/h5,7,9,13H,3-4,6H2,1-2H3/t9?,13-,16?/m1/s1. The predicted octanol–water partition coefficient (Wildman–Crippen LogP) is 3.40. The van der Waals surface area contributed by atoms with Gasteiger partial charge in [0.2, 0.25) is 0 Å². The smallest absolute Gasteiger partial charge is 0.375 e. The molecule has 13 heteroatoms. The van der Waals surface area contributed by atoms with E-state index in [1.54, 1.807) is 19.9 Å². The number of likely N-dealkylation sites (tertiary alicyclic amines) is 1. The van der Waals surface area contributed by atoms with Gasteiger partial charge >= 0.3 is 27.7 Å². The van der Waals surface area contributed by atoms with Crippen LogP contribution in [-0.2, 0) is 26.7 Å². The van der Waals surface area contributed by atoms with Gasteiger partial charge in [0.25, 0.3) is 0 Å². The molecule has 1 saturated heterocycles. The number of carbonyl (C=O) groups is 1. The third-order valence-electron chi connectivity index (χ3n) is 6.21. The molecule has 2 unspecified atom stereocenters. The summed E-state index contributed by atoms with van der Waals surface area (Å²) < 4.78 is 104. The van der Waals surface area contributed by atoms with E-state index in [1.165, 1.54) is 0 Å². The van der Waals surface area contributed by atoms with E-state index < -0.39 is 56.4 Å². The van der Waals surface area contributed by atoms with Gasteiger partial charge in [-0.05, 0) is 47.4 Å². The van der Waals surface area contributed by atoms with Crippen LogP contribution in [0.15, 0.2) is 12.1 Å². The van der Waals surface area contributed by atoms with E-state index in [2.05, 4.69) is 4.18 Å². The second kappa shape index (κ2) is 7.01. The summed E-state index contributed by atoms with van der Waals surface area (Å²) in [4.78, 5) is 12.6. The Kier molecular flexibility index (Phi) is 5.24. The highest BCUT2D eigenvalue weighted by Gasteiger charge is 2.54. The van der Waals surface area contributed by atoms with Crippen molar-refractivity contribution in [3.05, 3.63) is 28.8 Å². The van der Waals surface area contributed by atoms with Crippen molar-refractivity contribution in [2.24, 2.45) is 5.92 Å². The number of carbonyl (C=O) groups excluding carboxylic acids is 1. The normalized spacial score (nSPS) is 26.1. The van der Waals surface area contributed by atoms with Gasteiger partial charge in [0.1, 0.15) is 6.07 Å². The first-order chi connectivity index (χ1) is 14.0. The Morgan fingerprint density at radius 2 is 1.87 bits per heavy atom. The molecule has 0 saturated carbocycles. The van der Waals surface area contributed by atoms with Crippen LogP contribution in [0, 0.1) is 17.2 Å². The number of nitriles is 1. The number of halogens is 6. The maximum absolute atomic E-state index is 13.0. The Balaban J connectivity index is 2.09. The number of amides is 1. The molecule has 0 spiro atoms. The van der Waals surface area contributed by atoms with Crippen molar-refractivity contribution in [1.82, 2.24) is 4.90 Å². The van der Waals surface area contributed by atoms with Crippen molar-refractivity contribution >= 4 is 16.0 Å². The van der Waals surface area contributed by atoms with Gasteiger partial charge < -0.3 is 9.08 Å². The lowest BCUT2D eigenvalue weighted by Gasteiger charge is -2.54. The fourth-order valence-electron chi connectivity index (χ4n) is 4.39. The van der Waals surface area contributed by atoms with Crippen molar-refractivity contribution in [1.29, 1.82) is 5.26 Å². The van der Waals surface area contributed by atoms with Gasteiger partial charge in [-0.2, -0.15) is 40.0 Å². The van der Waals surface area contributed by atoms with Crippen LogP contribution in [0.25, 0.3) is 0 Å². The molecule has 1 aliphatic heterocycles. The van der Waals surface area contributed by atoms with Gasteiger partial charge in [-0.25, -0.2) is 0 Å². The Labute approximate surface area is 173 Å². The number of hydrogen-bond acceptors (Lipinski definition) is 5. The molecular weight excluding hydrogens is 454 g/mol. The molecular formula is C18H16F6N2O4S. The summed E-state index contributed by atoms with van der Waals surface area (Å²) in [5.41, 5.74) is -6.38. The molecule has 0 N–H and O–H groups in total. The van der Waals surface area contributed by atoms with Crippen molar-refractivity contribution < 1.29 is 43.7 Å². The third kappa shape index (κ3) is 3.71. The lowest BCUT2D eigenvalue weighted by atomic mass is 9.59. The van der Waals surface area contributed by atoms with Crippen molar-refractivity contribution in [3.8, 4) is 11.8 Å². The van der Waals surface area contributed by atoms with Gasteiger partial charge in [-0.3, -0.25) is 4.79 Å². The van der Waals surface area contributed by atoms with E-state index in [-0.39, 0.29) is 19.4 Å². The Morgan fingerprint density at radius 3 is 2.39 bits per heavy atom. The molecule has 3 atom stereocenters.